The average molecular weight is 308 g/mol. The van der Waals surface area contributed by atoms with Gasteiger partial charge in [-0.15, -0.1) is 0 Å². The molecule has 4 nitrogen and oxygen atoms in total. The van der Waals surface area contributed by atoms with Gasteiger partial charge in [-0.25, -0.2) is 0 Å². The Morgan fingerprint density at radius 3 is 2.52 bits per heavy atom. The molecule has 23 heavy (non-hydrogen) atoms. The molecule has 0 aliphatic carbocycles. The van der Waals surface area contributed by atoms with Crippen LogP contribution in [-0.4, -0.2) is 18.0 Å². The molecular weight excluding hydrogens is 288 g/mol. The number of anilines is 1. The zero-order chi connectivity index (χ0) is 16.4. The molecule has 3 aromatic rings. The maximum Gasteiger partial charge on any atom is 0.257 e. The van der Waals surface area contributed by atoms with Crippen molar-refractivity contribution in [3.63, 3.8) is 0 Å². The van der Waals surface area contributed by atoms with Crippen molar-refractivity contribution in [1.29, 1.82) is 0 Å². The zero-order valence-corrected chi connectivity index (χ0v) is 13.5. The number of rotatable bonds is 4. The van der Waals surface area contributed by atoms with E-state index in [1.807, 2.05) is 42.5 Å². The van der Waals surface area contributed by atoms with E-state index < -0.39 is 0 Å². The summed E-state index contributed by atoms with van der Waals surface area (Å²) in [5, 5.41) is 3.82. The number of amides is 1. The Kier molecular flexibility index (Phi) is 4.06. The monoisotopic (exact) mass is 308 g/mol. The highest BCUT2D eigenvalue weighted by Gasteiger charge is 2.13. The third-order valence-corrected chi connectivity index (χ3v) is 3.97. The van der Waals surface area contributed by atoms with Gasteiger partial charge in [0, 0.05) is 28.9 Å². The molecule has 2 aromatic carbocycles. The summed E-state index contributed by atoms with van der Waals surface area (Å²) in [6, 6.07) is 13.6. The first-order chi connectivity index (χ1) is 11.1. The highest BCUT2D eigenvalue weighted by Crippen LogP contribution is 2.24. The van der Waals surface area contributed by atoms with E-state index in [4.69, 9.17) is 4.74 Å². The van der Waals surface area contributed by atoms with Crippen molar-refractivity contribution >= 4 is 22.5 Å². The Bertz CT molecular complexity index is 832. The molecule has 0 bridgehead atoms. The number of H-pyrrole nitrogens is 1. The Hall–Kier alpha value is -2.75. The van der Waals surface area contributed by atoms with Crippen LogP contribution in [0.25, 0.3) is 10.9 Å². The van der Waals surface area contributed by atoms with E-state index in [1.165, 1.54) is 5.56 Å². The average Bonchev–Trinajstić information content (AvgIpc) is 2.98. The molecule has 0 aliphatic rings. The van der Waals surface area contributed by atoms with Crippen LogP contribution in [0.2, 0.25) is 0 Å². The summed E-state index contributed by atoms with van der Waals surface area (Å²) in [7, 11) is 1.62. The number of ether oxygens (including phenoxy) is 1. The molecule has 4 heteroatoms. The quantitative estimate of drug-likeness (QED) is 0.742. The second-order valence-electron chi connectivity index (χ2n) is 5.84. The number of hydrogen-bond acceptors (Lipinski definition) is 2. The van der Waals surface area contributed by atoms with Crippen LogP contribution in [-0.2, 0) is 0 Å². The van der Waals surface area contributed by atoms with Crippen LogP contribution >= 0.6 is 0 Å². The van der Waals surface area contributed by atoms with Crippen molar-refractivity contribution in [3.8, 4) is 5.75 Å². The third kappa shape index (κ3) is 3.06. The predicted molar refractivity (Wildman–Crippen MR) is 93.3 cm³/mol. The molecular formula is C19H20N2O2. The summed E-state index contributed by atoms with van der Waals surface area (Å²) < 4.78 is 5.20. The summed E-state index contributed by atoms with van der Waals surface area (Å²) in [5.41, 5.74) is 3.55. The molecule has 1 aromatic heterocycles. The van der Waals surface area contributed by atoms with Gasteiger partial charge in [0.05, 0.1) is 12.7 Å². The maximum atomic E-state index is 12.5. The molecule has 0 radical (unpaired) electrons. The van der Waals surface area contributed by atoms with Crippen LogP contribution in [0.4, 0.5) is 5.69 Å². The summed E-state index contributed by atoms with van der Waals surface area (Å²) in [5.74, 6) is 1.11. The number of nitrogens with one attached hydrogen (secondary N) is 2. The van der Waals surface area contributed by atoms with Crippen molar-refractivity contribution in [1.82, 2.24) is 4.98 Å². The van der Waals surface area contributed by atoms with Crippen molar-refractivity contribution in [2.75, 3.05) is 12.4 Å². The molecule has 0 fully saturated rings. The molecule has 0 saturated carbocycles. The van der Waals surface area contributed by atoms with Crippen molar-refractivity contribution < 1.29 is 9.53 Å². The number of carbonyl (C=O) groups is 1. The first-order valence-electron chi connectivity index (χ1n) is 7.65. The SMILES string of the molecule is COc1ccc2c(C(=O)Nc3ccc(C(C)C)cc3)c[nH]c2c1. The molecule has 0 aliphatic heterocycles. The largest absolute Gasteiger partial charge is 0.497 e. The van der Waals surface area contributed by atoms with Gasteiger partial charge in [0.25, 0.3) is 5.91 Å². The van der Waals surface area contributed by atoms with Crippen LogP contribution in [0, 0.1) is 0 Å². The lowest BCUT2D eigenvalue weighted by Gasteiger charge is -2.08. The minimum atomic E-state index is -0.126. The van der Waals surface area contributed by atoms with Gasteiger partial charge in [-0.3, -0.25) is 4.79 Å². The number of aromatic amines is 1. The summed E-state index contributed by atoms with van der Waals surface area (Å²) in [6.07, 6.45) is 1.72. The van der Waals surface area contributed by atoms with Gasteiger partial charge >= 0.3 is 0 Å². The first kappa shape index (κ1) is 15.2. The lowest BCUT2D eigenvalue weighted by Crippen LogP contribution is -2.11. The standard InChI is InChI=1S/C19H20N2O2/c1-12(2)13-4-6-14(7-5-13)21-19(22)17-11-20-18-10-15(23-3)8-9-16(17)18/h4-12,20H,1-3H3,(H,21,22). The summed E-state index contributed by atoms with van der Waals surface area (Å²) in [6.45, 7) is 4.29. The summed E-state index contributed by atoms with van der Waals surface area (Å²) >= 11 is 0. The molecule has 1 heterocycles. The number of fused-ring (bicyclic) bond motifs is 1. The molecule has 118 valence electrons. The van der Waals surface area contributed by atoms with E-state index in [-0.39, 0.29) is 5.91 Å². The molecule has 0 saturated heterocycles. The van der Waals surface area contributed by atoms with E-state index in [0.29, 0.717) is 11.5 Å². The van der Waals surface area contributed by atoms with Gasteiger partial charge in [0.2, 0.25) is 0 Å². The van der Waals surface area contributed by atoms with Crippen molar-refractivity contribution in [2.45, 2.75) is 19.8 Å². The van der Waals surface area contributed by atoms with Gasteiger partial charge < -0.3 is 15.0 Å². The third-order valence-electron chi connectivity index (χ3n) is 3.97. The van der Waals surface area contributed by atoms with Gasteiger partial charge in [-0.2, -0.15) is 0 Å². The minimum Gasteiger partial charge on any atom is -0.497 e. The highest BCUT2D eigenvalue weighted by atomic mass is 16.5. The number of hydrogen-bond donors (Lipinski definition) is 2. The maximum absolute atomic E-state index is 12.5. The molecule has 0 unspecified atom stereocenters. The smallest absolute Gasteiger partial charge is 0.257 e. The van der Waals surface area contributed by atoms with E-state index >= 15 is 0 Å². The fourth-order valence-corrected chi connectivity index (χ4v) is 2.57. The Morgan fingerprint density at radius 1 is 1.13 bits per heavy atom. The fraction of sp³-hybridized carbons (Fsp3) is 0.211. The topological polar surface area (TPSA) is 54.1 Å². The molecule has 1 amide bonds. The minimum absolute atomic E-state index is 0.126. The van der Waals surface area contributed by atoms with E-state index in [9.17, 15) is 4.79 Å². The van der Waals surface area contributed by atoms with Gasteiger partial charge in [0.15, 0.2) is 0 Å². The van der Waals surface area contributed by atoms with Crippen molar-refractivity contribution in [2.24, 2.45) is 0 Å². The fourth-order valence-electron chi connectivity index (χ4n) is 2.57. The van der Waals surface area contributed by atoms with Crippen LogP contribution in [0.5, 0.6) is 5.75 Å². The molecule has 2 N–H and O–H groups in total. The van der Waals surface area contributed by atoms with Gasteiger partial charge in [-0.05, 0) is 35.7 Å². The molecule has 0 spiro atoms. The van der Waals surface area contributed by atoms with Crippen LogP contribution < -0.4 is 10.1 Å². The number of carbonyl (C=O) groups excluding carboxylic acids is 1. The number of aromatic nitrogens is 1. The second-order valence-corrected chi connectivity index (χ2v) is 5.84. The first-order valence-corrected chi connectivity index (χ1v) is 7.65. The van der Waals surface area contributed by atoms with E-state index in [1.54, 1.807) is 13.3 Å². The Labute approximate surface area is 135 Å². The summed E-state index contributed by atoms with van der Waals surface area (Å²) in [4.78, 5) is 15.6. The number of benzene rings is 2. The normalized spacial score (nSPS) is 11.0. The van der Waals surface area contributed by atoms with Crippen LogP contribution in [0.15, 0.2) is 48.7 Å². The number of methoxy groups -OCH3 is 1. The van der Waals surface area contributed by atoms with Gasteiger partial charge in [0.1, 0.15) is 5.75 Å². The lowest BCUT2D eigenvalue weighted by atomic mass is 10.0. The second kappa shape index (κ2) is 6.16. The van der Waals surface area contributed by atoms with Crippen molar-refractivity contribution in [3.05, 3.63) is 59.8 Å². The zero-order valence-electron chi connectivity index (χ0n) is 13.5. The molecule has 3 rings (SSSR count). The molecule has 0 atom stereocenters. The van der Waals surface area contributed by atoms with E-state index in [0.717, 1.165) is 22.3 Å². The van der Waals surface area contributed by atoms with Gasteiger partial charge in [-0.1, -0.05) is 26.0 Å². The van der Waals surface area contributed by atoms with Crippen LogP contribution in [0.3, 0.4) is 0 Å². The Balaban J connectivity index is 1.83. The van der Waals surface area contributed by atoms with E-state index in [2.05, 4.69) is 24.1 Å². The predicted octanol–water partition coefficient (Wildman–Crippen LogP) is 4.55. The Morgan fingerprint density at radius 2 is 1.87 bits per heavy atom. The van der Waals surface area contributed by atoms with Crippen LogP contribution in [0.1, 0.15) is 35.7 Å². The highest BCUT2D eigenvalue weighted by molar-refractivity contribution is 6.12. The lowest BCUT2D eigenvalue weighted by molar-refractivity contribution is 0.102.